The number of nitrogens with one attached hydrogen (secondary N) is 1. The number of carbonyl (C=O) groups is 1. The standard InChI is InChI=1S/C14H16ClN3O/c1-10-3-4-12(9-13(10)15)17-14(19)5-7-18-8-6-16-11(18)2/h3-4,6,8-9H,5,7H2,1-2H3,(H,17,19). The number of nitrogens with zero attached hydrogens (tertiary/aromatic N) is 2. The molecule has 0 unspecified atom stereocenters. The summed E-state index contributed by atoms with van der Waals surface area (Å²) in [5.74, 6) is 0.874. The lowest BCUT2D eigenvalue weighted by Crippen LogP contribution is -2.14. The number of hydrogen-bond acceptors (Lipinski definition) is 2. The van der Waals surface area contributed by atoms with Gasteiger partial charge < -0.3 is 9.88 Å². The van der Waals surface area contributed by atoms with Gasteiger partial charge in [-0.3, -0.25) is 4.79 Å². The van der Waals surface area contributed by atoms with Gasteiger partial charge in [0.1, 0.15) is 5.82 Å². The van der Waals surface area contributed by atoms with E-state index in [9.17, 15) is 4.79 Å². The molecule has 2 aromatic rings. The van der Waals surface area contributed by atoms with E-state index in [1.165, 1.54) is 0 Å². The van der Waals surface area contributed by atoms with Crippen molar-refractivity contribution in [2.24, 2.45) is 0 Å². The Morgan fingerprint density at radius 2 is 2.21 bits per heavy atom. The monoisotopic (exact) mass is 277 g/mol. The number of imidazole rings is 1. The number of amides is 1. The number of aromatic nitrogens is 2. The molecule has 0 aliphatic heterocycles. The lowest BCUT2D eigenvalue weighted by molar-refractivity contribution is -0.116. The fraction of sp³-hybridized carbons (Fsp3) is 0.286. The van der Waals surface area contributed by atoms with E-state index >= 15 is 0 Å². The van der Waals surface area contributed by atoms with Gasteiger partial charge in [-0.05, 0) is 31.5 Å². The highest BCUT2D eigenvalue weighted by atomic mass is 35.5. The molecule has 1 amide bonds. The second-order valence-corrected chi connectivity index (χ2v) is 4.84. The molecular formula is C14H16ClN3O. The maximum Gasteiger partial charge on any atom is 0.226 e. The van der Waals surface area contributed by atoms with Crippen molar-refractivity contribution in [3.63, 3.8) is 0 Å². The van der Waals surface area contributed by atoms with Gasteiger partial charge in [0.15, 0.2) is 0 Å². The second-order valence-electron chi connectivity index (χ2n) is 4.43. The van der Waals surface area contributed by atoms with Crippen LogP contribution in [0.3, 0.4) is 0 Å². The van der Waals surface area contributed by atoms with Crippen molar-refractivity contribution in [3.8, 4) is 0 Å². The summed E-state index contributed by atoms with van der Waals surface area (Å²) in [5, 5.41) is 3.49. The Balaban J connectivity index is 1.91. The minimum Gasteiger partial charge on any atom is -0.335 e. The molecule has 0 spiro atoms. The summed E-state index contributed by atoms with van der Waals surface area (Å²) in [4.78, 5) is 15.9. The minimum atomic E-state index is -0.0342. The molecule has 1 aromatic heterocycles. The topological polar surface area (TPSA) is 46.9 Å². The third-order valence-electron chi connectivity index (χ3n) is 2.96. The first-order valence-electron chi connectivity index (χ1n) is 6.10. The number of halogens is 1. The van der Waals surface area contributed by atoms with Crippen LogP contribution < -0.4 is 5.32 Å². The van der Waals surface area contributed by atoms with Crippen molar-refractivity contribution < 1.29 is 4.79 Å². The fourth-order valence-electron chi connectivity index (χ4n) is 1.76. The van der Waals surface area contributed by atoms with Gasteiger partial charge in [0.25, 0.3) is 0 Å². The molecule has 2 rings (SSSR count). The number of hydrogen-bond donors (Lipinski definition) is 1. The summed E-state index contributed by atoms with van der Waals surface area (Å²) in [7, 11) is 0. The van der Waals surface area contributed by atoms with Crippen molar-refractivity contribution in [1.82, 2.24) is 9.55 Å². The molecule has 1 heterocycles. The number of carbonyl (C=O) groups excluding carboxylic acids is 1. The fourth-order valence-corrected chi connectivity index (χ4v) is 1.94. The van der Waals surface area contributed by atoms with E-state index in [2.05, 4.69) is 10.3 Å². The Kier molecular flexibility index (Phi) is 4.22. The van der Waals surface area contributed by atoms with Crippen LogP contribution in [0.2, 0.25) is 5.02 Å². The lowest BCUT2D eigenvalue weighted by atomic mass is 10.2. The zero-order valence-corrected chi connectivity index (χ0v) is 11.7. The predicted molar refractivity (Wildman–Crippen MR) is 76.4 cm³/mol. The van der Waals surface area contributed by atoms with Crippen molar-refractivity contribution in [2.75, 3.05) is 5.32 Å². The summed E-state index contributed by atoms with van der Waals surface area (Å²) < 4.78 is 1.95. The summed E-state index contributed by atoms with van der Waals surface area (Å²) in [5.41, 5.74) is 1.72. The van der Waals surface area contributed by atoms with Crippen LogP contribution in [-0.4, -0.2) is 15.5 Å². The van der Waals surface area contributed by atoms with Crippen molar-refractivity contribution in [2.45, 2.75) is 26.8 Å². The molecule has 0 radical (unpaired) electrons. The van der Waals surface area contributed by atoms with Crippen molar-refractivity contribution >= 4 is 23.2 Å². The zero-order valence-electron chi connectivity index (χ0n) is 11.0. The van der Waals surface area contributed by atoms with Gasteiger partial charge >= 0.3 is 0 Å². The van der Waals surface area contributed by atoms with Gasteiger partial charge in [0.2, 0.25) is 5.91 Å². The van der Waals surface area contributed by atoms with Crippen LogP contribution in [0.4, 0.5) is 5.69 Å². The molecule has 4 nitrogen and oxygen atoms in total. The molecule has 1 aromatic carbocycles. The molecule has 0 atom stereocenters. The zero-order chi connectivity index (χ0) is 13.8. The van der Waals surface area contributed by atoms with E-state index in [1.54, 1.807) is 12.3 Å². The average molecular weight is 278 g/mol. The van der Waals surface area contributed by atoms with Crippen LogP contribution in [0.25, 0.3) is 0 Å². The van der Waals surface area contributed by atoms with E-state index in [-0.39, 0.29) is 5.91 Å². The van der Waals surface area contributed by atoms with E-state index in [0.717, 1.165) is 17.1 Å². The van der Waals surface area contributed by atoms with E-state index in [0.29, 0.717) is 18.0 Å². The molecule has 1 N–H and O–H groups in total. The quantitative estimate of drug-likeness (QED) is 0.933. The Morgan fingerprint density at radius 1 is 1.42 bits per heavy atom. The van der Waals surface area contributed by atoms with Gasteiger partial charge in [-0.25, -0.2) is 4.98 Å². The Morgan fingerprint density at radius 3 is 2.84 bits per heavy atom. The smallest absolute Gasteiger partial charge is 0.226 e. The normalized spacial score (nSPS) is 10.5. The molecule has 0 aliphatic rings. The highest BCUT2D eigenvalue weighted by Gasteiger charge is 2.05. The first-order chi connectivity index (χ1) is 9.06. The molecule has 0 bridgehead atoms. The summed E-state index contributed by atoms with van der Waals surface area (Å²) >= 11 is 6.01. The number of rotatable bonds is 4. The highest BCUT2D eigenvalue weighted by Crippen LogP contribution is 2.20. The lowest BCUT2D eigenvalue weighted by Gasteiger charge is -2.08. The van der Waals surface area contributed by atoms with Crippen LogP contribution in [0.15, 0.2) is 30.6 Å². The van der Waals surface area contributed by atoms with Crippen LogP contribution >= 0.6 is 11.6 Å². The van der Waals surface area contributed by atoms with E-state index < -0.39 is 0 Å². The van der Waals surface area contributed by atoms with Crippen LogP contribution in [-0.2, 0) is 11.3 Å². The van der Waals surface area contributed by atoms with Crippen LogP contribution in [0.5, 0.6) is 0 Å². The number of aryl methyl sites for hydroxylation is 3. The van der Waals surface area contributed by atoms with Crippen molar-refractivity contribution in [3.05, 3.63) is 47.0 Å². The second kappa shape index (κ2) is 5.89. The summed E-state index contributed by atoms with van der Waals surface area (Å²) in [6.45, 7) is 4.46. The van der Waals surface area contributed by atoms with Gasteiger partial charge in [-0.15, -0.1) is 0 Å². The van der Waals surface area contributed by atoms with Crippen molar-refractivity contribution in [1.29, 1.82) is 0 Å². The molecule has 0 fully saturated rings. The maximum atomic E-state index is 11.8. The summed E-state index contributed by atoms with van der Waals surface area (Å²) in [6, 6.07) is 5.50. The van der Waals surface area contributed by atoms with E-state index in [4.69, 9.17) is 11.6 Å². The highest BCUT2D eigenvalue weighted by molar-refractivity contribution is 6.31. The Hall–Kier alpha value is -1.81. The molecule has 0 saturated carbocycles. The predicted octanol–water partition coefficient (Wildman–Crippen LogP) is 3.18. The SMILES string of the molecule is Cc1ccc(NC(=O)CCn2ccnc2C)cc1Cl. The summed E-state index contributed by atoms with van der Waals surface area (Å²) in [6.07, 6.45) is 4.00. The van der Waals surface area contributed by atoms with Gasteiger partial charge in [0, 0.05) is 36.1 Å². The molecule has 19 heavy (non-hydrogen) atoms. The van der Waals surface area contributed by atoms with Gasteiger partial charge in [0.05, 0.1) is 0 Å². The van der Waals surface area contributed by atoms with Gasteiger partial charge in [-0.2, -0.15) is 0 Å². The first kappa shape index (κ1) is 13.6. The molecule has 0 aliphatic carbocycles. The first-order valence-corrected chi connectivity index (χ1v) is 6.48. The molecular weight excluding hydrogens is 262 g/mol. The third-order valence-corrected chi connectivity index (χ3v) is 3.37. The number of benzene rings is 1. The molecule has 0 saturated heterocycles. The van der Waals surface area contributed by atoms with Gasteiger partial charge in [-0.1, -0.05) is 17.7 Å². The van der Waals surface area contributed by atoms with Crippen LogP contribution in [0, 0.1) is 13.8 Å². The van der Waals surface area contributed by atoms with Crippen LogP contribution in [0.1, 0.15) is 17.8 Å². The maximum absolute atomic E-state index is 11.8. The third kappa shape index (κ3) is 3.58. The van der Waals surface area contributed by atoms with E-state index in [1.807, 2.05) is 36.7 Å². The average Bonchev–Trinajstić information content (AvgIpc) is 2.77. The minimum absolute atomic E-state index is 0.0342. The molecule has 100 valence electrons. The Labute approximate surface area is 117 Å². The molecule has 5 heteroatoms. The largest absolute Gasteiger partial charge is 0.335 e. The number of anilines is 1. The Bertz CT molecular complexity index is 592.